The van der Waals surface area contributed by atoms with E-state index in [0.717, 1.165) is 21.9 Å². The quantitative estimate of drug-likeness (QED) is 0.245. The minimum Gasteiger partial charge on any atom is -0.466 e. The van der Waals surface area contributed by atoms with Gasteiger partial charge in [0.1, 0.15) is 18.2 Å². The SMILES string of the molecule is [2H]c1c(C([2H])([2H])C(C)(C)C)c(C([2H])([2H])[2H])c(C)[n+](C)c1-c1c(C)ccc2c1oc1c([N+]#[C-])cc(C)cc12. The van der Waals surface area contributed by atoms with Crippen molar-refractivity contribution in [3.05, 3.63) is 69.7 Å². The third kappa shape index (κ3) is 3.51. The Morgan fingerprint density at radius 1 is 1.16 bits per heavy atom. The summed E-state index contributed by atoms with van der Waals surface area (Å²) in [6.45, 7) is 15.6. The Morgan fingerprint density at radius 3 is 2.55 bits per heavy atom. The van der Waals surface area contributed by atoms with Crippen molar-refractivity contribution in [1.29, 1.82) is 0 Å². The Labute approximate surface area is 193 Å². The maximum absolute atomic E-state index is 9.30. The van der Waals surface area contributed by atoms with E-state index in [9.17, 15) is 1.37 Å². The van der Waals surface area contributed by atoms with E-state index in [1.807, 2.05) is 32.0 Å². The van der Waals surface area contributed by atoms with Crippen LogP contribution in [0.3, 0.4) is 0 Å². The van der Waals surface area contributed by atoms with E-state index in [1.54, 1.807) is 45.4 Å². The Kier molecular flexibility index (Phi) is 3.46. The van der Waals surface area contributed by atoms with Crippen LogP contribution in [0.5, 0.6) is 0 Å². The standard InChI is InChI=1S/C28H31N2O/c1-16-12-22-21-11-10-17(2)25(27(21)31-26(22)23(13-16)29-8)24-14-20(15-28(5,6)7)18(3)19(4)30(24)9/h10-14H,15H2,1-7,9H3/q+1/i3D3,14D,15D2. The summed E-state index contributed by atoms with van der Waals surface area (Å²) in [5, 5.41) is 1.57. The molecule has 4 rings (SSSR count). The molecule has 0 aliphatic heterocycles. The van der Waals surface area contributed by atoms with Crippen molar-refractivity contribution in [2.24, 2.45) is 12.5 Å². The highest BCUT2D eigenvalue weighted by atomic mass is 16.3. The van der Waals surface area contributed by atoms with Crippen LogP contribution in [-0.4, -0.2) is 0 Å². The predicted octanol–water partition coefficient (Wildman–Crippen LogP) is 7.45. The molecule has 2 aromatic carbocycles. The molecule has 0 aliphatic rings. The number of hydrogen-bond donors (Lipinski definition) is 0. The number of furan rings is 1. The van der Waals surface area contributed by atoms with Gasteiger partial charge in [-0.15, -0.1) is 0 Å². The van der Waals surface area contributed by atoms with Crippen molar-refractivity contribution in [3.63, 3.8) is 0 Å². The van der Waals surface area contributed by atoms with E-state index in [4.69, 9.17) is 17.8 Å². The van der Waals surface area contributed by atoms with Crippen LogP contribution >= 0.6 is 0 Å². The number of aryl methyl sites for hydroxylation is 2. The monoisotopic (exact) mass is 417 g/mol. The summed E-state index contributed by atoms with van der Waals surface area (Å²) < 4.78 is 60.0. The van der Waals surface area contributed by atoms with Gasteiger partial charge in [-0.2, -0.15) is 4.57 Å². The topological polar surface area (TPSA) is 21.4 Å². The third-order valence-electron chi connectivity index (χ3n) is 5.62. The second-order valence-corrected chi connectivity index (χ2v) is 9.25. The van der Waals surface area contributed by atoms with Gasteiger partial charge in [-0.05, 0) is 49.7 Å². The van der Waals surface area contributed by atoms with Crippen LogP contribution in [0.25, 0.3) is 38.0 Å². The first-order valence-corrected chi connectivity index (χ1v) is 10.3. The number of fused-ring (bicyclic) bond motifs is 3. The largest absolute Gasteiger partial charge is 0.466 e. The summed E-state index contributed by atoms with van der Waals surface area (Å²) in [4.78, 5) is 3.64. The number of pyridine rings is 1. The van der Waals surface area contributed by atoms with Gasteiger partial charge in [0.05, 0.1) is 13.5 Å². The number of benzene rings is 2. The van der Waals surface area contributed by atoms with Crippen molar-refractivity contribution < 1.29 is 17.2 Å². The highest BCUT2D eigenvalue weighted by molar-refractivity contribution is 6.13. The highest BCUT2D eigenvalue weighted by Gasteiger charge is 2.26. The van der Waals surface area contributed by atoms with E-state index in [-0.39, 0.29) is 17.2 Å². The van der Waals surface area contributed by atoms with E-state index >= 15 is 0 Å². The molecule has 0 aliphatic carbocycles. The zero-order valence-corrected chi connectivity index (χ0v) is 19.1. The van der Waals surface area contributed by atoms with E-state index in [2.05, 4.69) is 4.85 Å². The van der Waals surface area contributed by atoms with Crippen LogP contribution in [0.4, 0.5) is 5.69 Å². The van der Waals surface area contributed by atoms with Crippen LogP contribution in [0, 0.1) is 39.6 Å². The molecular formula is C28H31N2O+. The molecule has 0 saturated heterocycles. The fourth-order valence-electron chi connectivity index (χ4n) is 4.02. The number of rotatable bonds is 2. The molecular weight excluding hydrogens is 380 g/mol. The lowest BCUT2D eigenvalue weighted by molar-refractivity contribution is -0.667. The number of aromatic nitrogens is 1. The number of nitrogens with zero attached hydrogens (tertiary/aromatic N) is 2. The summed E-state index contributed by atoms with van der Waals surface area (Å²) in [7, 11) is 1.70. The summed E-state index contributed by atoms with van der Waals surface area (Å²) in [5.41, 5.74) is 3.12. The minimum atomic E-state index is -2.62. The maximum Gasteiger partial charge on any atom is 0.229 e. The molecule has 0 saturated carbocycles. The lowest BCUT2D eigenvalue weighted by Crippen LogP contribution is -2.36. The van der Waals surface area contributed by atoms with Gasteiger partial charge in [-0.1, -0.05) is 44.5 Å². The molecule has 0 atom stereocenters. The van der Waals surface area contributed by atoms with Crippen LogP contribution in [0.2, 0.25) is 0 Å². The summed E-state index contributed by atoms with van der Waals surface area (Å²) in [5.74, 6) is 0. The number of hydrogen-bond acceptors (Lipinski definition) is 1. The Morgan fingerprint density at radius 2 is 1.90 bits per heavy atom. The van der Waals surface area contributed by atoms with Crippen LogP contribution < -0.4 is 4.57 Å². The molecule has 0 unspecified atom stereocenters. The van der Waals surface area contributed by atoms with Crippen molar-refractivity contribution in [1.82, 2.24) is 0 Å². The summed E-state index contributed by atoms with van der Waals surface area (Å²) in [6.07, 6.45) is -2.12. The summed E-state index contributed by atoms with van der Waals surface area (Å²) >= 11 is 0. The zero-order valence-electron chi connectivity index (χ0n) is 25.1. The molecule has 31 heavy (non-hydrogen) atoms. The van der Waals surface area contributed by atoms with Crippen LogP contribution in [0.1, 0.15) is 56.9 Å². The van der Waals surface area contributed by atoms with Gasteiger partial charge in [0, 0.05) is 36.2 Å². The van der Waals surface area contributed by atoms with Gasteiger partial charge < -0.3 is 4.42 Å². The minimum absolute atomic E-state index is 0.129. The van der Waals surface area contributed by atoms with Gasteiger partial charge in [-0.25, -0.2) is 4.85 Å². The average Bonchev–Trinajstić information content (AvgIpc) is 3.13. The van der Waals surface area contributed by atoms with Crippen molar-refractivity contribution in [2.45, 2.75) is 54.8 Å². The fraction of sp³-hybridized carbons (Fsp3) is 0.357. The van der Waals surface area contributed by atoms with Crippen LogP contribution in [-0.2, 0) is 13.4 Å². The zero-order chi connectivity index (χ0) is 27.8. The Balaban J connectivity index is 2.26. The van der Waals surface area contributed by atoms with Crippen molar-refractivity contribution in [3.8, 4) is 11.3 Å². The molecule has 0 bridgehead atoms. The summed E-state index contributed by atoms with van der Waals surface area (Å²) in [6, 6.07) is 7.39. The van der Waals surface area contributed by atoms with E-state index in [0.29, 0.717) is 33.8 Å². The van der Waals surface area contributed by atoms with Gasteiger partial charge in [0.15, 0.2) is 5.69 Å². The Bertz CT molecular complexity index is 1630. The first-order valence-electron chi connectivity index (χ1n) is 13.3. The van der Waals surface area contributed by atoms with Gasteiger partial charge in [-0.3, -0.25) is 0 Å². The third-order valence-corrected chi connectivity index (χ3v) is 5.62. The molecule has 0 fully saturated rings. The van der Waals surface area contributed by atoms with E-state index in [1.165, 1.54) is 0 Å². The molecule has 0 radical (unpaired) electrons. The maximum atomic E-state index is 9.30. The van der Waals surface area contributed by atoms with Gasteiger partial charge in [0.2, 0.25) is 11.4 Å². The average molecular weight is 418 g/mol. The second kappa shape index (κ2) is 7.24. The predicted molar refractivity (Wildman–Crippen MR) is 129 cm³/mol. The molecule has 2 heterocycles. The smallest absolute Gasteiger partial charge is 0.229 e. The van der Waals surface area contributed by atoms with Crippen molar-refractivity contribution >= 4 is 27.6 Å². The highest BCUT2D eigenvalue weighted by Crippen LogP contribution is 2.41. The molecule has 3 nitrogen and oxygen atoms in total. The first kappa shape index (κ1) is 14.8. The molecule has 4 aromatic rings. The molecule has 0 amide bonds. The first-order chi connectivity index (χ1) is 16.9. The second-order valence-electron chi connectivity index (χ2n) is 9.25. The van der Waals surface area contributed by atoms with Gasteiger partial charge in [0.25, 0.3) is 0 Å². The lowest BCUT2D eigenvalue weighted by atomic mass is 9.85. The molecule has 158 valence electrons. The van der Waals surface area contributed by atoms with E-state index < -0.39 is 18.6 Å². The molecule has 0 spiro atoms. The van der Waals surface area contributed by atoms with Crippen molar-refractivity contribution in [2.75, 3.05) is 0 Å². The molecule has 3 heteroatoms. The lowest BCUT2D eigenvalue weighted by Gasteiger charge is -2.20. The van der Waals surface area contributed by atoms with Crippen LogP contribution in [0.15, 0.2) is 34.7 Å². The normalized spacial score (nSPS) is 15.7. The molecule has 2 aromatic heterocycles. The van der Waals surface area contributed by atoms with Gasteiger partial charge >= 0.3 is 0 Å². The Hall–Kier alpha value is -3.12. The fourth-order valence-corrected chi connectivity index (χ4v) is 4.02. The molecule has 0 N–H and O–H groups in total.